The SMILES string of the molecule is COC=CC1CCCCC1. The monoisotopic (exact) mass is 140 g/mol. The fraction of sp³-hybridized carbons (Fsp3) is 0.778. The molecule has 0 amide bonds. The molecule has 1 rings (SSSR count). The van der Waals surface area contributed by atoms with Gasteiger partial charge >= 0.3 is 0 Å². The summed E-state index contributed by atoms with van der Waals surface area (Å²) in [5.41, 5.74) is 0. The molecule has 1 fully saturated rings. The van der Waals surface area contributed by atoms with Crippen molar-refractivity contribution in [1.29, 1.82) is 0 Å². The Morgan fingerprint density at radius 1 is 1.20 bits per heavy atom. The van der Waals surface area contributed by atoms with Crippen molar-refractivity contribution in [2.45, 2.75) is 32.1 Å². The molecule has 0 unspecified atom stereocenters. The van der Waals surface area contributed by atoms with Crippen LogP contribution in [0.4, 0.5) is 0 Å². The molecule has 58 valence electrons. The van der Waals surface area contributed by atoms with Gasteiger partial charge in [0.25, 0.3) is 0 Å². The van der Waals surface area contributed by atoms with Gasteiger partial charge in [-0.05, 0) is 24.8 Å². The number of ether oxygens (including phenoxy) is 1. The van der Waals surface area contributed by atoms with Gasteiger partial charge in [-0.2, -0.15) is 0 Å². The molecular weight excluding hydrogens is 124 g/mol. The largest absolute Gasteiger partial charge is 0.505 e. The van der Waals surface area contributed by atoms with Crippen molar-refractivity contribution >= 4 is 0 Å². The van der Waals surface area contributed by atoms with Crippen LogP contribution in [0.1, 0.15) is 32.1 Å². The number of rotatable bonds is 2. The van der Waals surface area contributed by atoms with E-state index in [1.807, 2.05) is 6.26 Å². The molecule has 1 nitrogen and oxygen atoms in total. The first-order valence-corrected chi connectivity index (χ1v) is 4.13. The molecule has 1 aliphatic carbocycles. The summed E-state index contributed by atoms with van der Waals surface area (Å²) >= 11 is 0. The molecule has 0 aromatic carbocycles. The van der Waals surface area contributed by atoms with E-state index in [9.17, 15) is 0 Å². The van der Waals surface area contributed by atoms with Crippen molar-refractivity contribution in [2.75, 3.05) is 7.11 Å². The van der Waals surface area contributed by atoms with Crippen molar-refractivity contribution in [3.05, 3.63) is 12.3 Å². The van der Waals surface area contributed by atoms with E-state index in [2.05, 4.69) is 6.08 Å². The zero-order chi connectivity index (χ0) is 7.23. The second-order valence-corrected chi connectivity index (χ2v) is 2.96. The summed E-state index contributed by atoms with van der Waals surface area (Å²) in [5.74, 6) is 0.800. The first-order chi connectivity index (χ1) is 4.93. The van der Waals surface area contributed by atoms with Gasteiger partial charge < -0.3 is 4.74 Å². The van der Waals surface area contributed by atoms with Crippen LogP contribution in [-0.2, 0) is 4.74 Å². The van der Waals surface area contributed by atoms with Gasteiger partial charge in [-0.25, -0.2) is 0 Å². The molecule has 0 aromatic rings. The lowest BCUT2D eigenvalue weighted by molar-refractivity contribution is 0.327. The highest BCUT2D eigenvalue weighted by Gasteiger charge is 2.09. The third-order valence-electron chi connectivity index (χ3n) is 2.14. The molecule has 0 N–H and O–H groups in total. The van der Waals surface area contributed by atoms with Crippen LogP contribution in [0.15, 0.2) is 12.3 Å². The molecule has 0 saturated heterocycles. The van der Waals surface area contributed by atoms with E-state index in [0.29, 0.717) is 0 Å². The highest BCUT2D eigenvalue weighted by atomic mass is 16.5. The molecule has 10 heavy (non-hydrogen) atoms. The molecule has 0 aromatic heterocycles. The molecule has 0 atom stereocenters. The molecule has 0 radical (unpaired) electrons. The van der Waals surface area contributed by atoms with Crippen molar-refractivity contribution < 1.29 is 4.74 Å². The molecule has 0 bridgehead atoms. The van der Waals surface area contributed by atoms with Crippen molar-refractivity contribution in [2.24, 2.45) is 5.92 Å². The van der Waals surface area contributed by atoms with Gasteiger partial charge in [0.05, 0.1) is 13.4 Å². The Bertz CT molecular complexity index is 101. The molecule has 0 spiro atoms. The summed E-state index contributed by atoms with van der Waals surface area (Å²) in [6.07, 6.45) is 11.0. The average Bonchev–Trinajstić information content (AvgIpc) is 2.03. The minimum Gasteiger partial charge on any atom is -0.505 e. The second kappa shape index (κ2) is 4.37. The summed E-state index contributed by atoms with van der Waals surface area (Å²) in [4.78, 5) is 0. The summed E-state index contributed by atoms with van der Waals surface area (Å²) in [6, 6.07) is 0. The summed E-state index contributed by atoms with van der Waals surface area (Å²) in [6.45, 7) is 0. The van der Waals surface area contributed by atoms with Gasteiger partial charge in [0.1, 0.15) is 0 Å². The van der Waals surface area contributed by atoms with E-state index in [0.717, 1.165) is 5.92 Å². The summed E-state index contributed by atoms with van der Waals surface area (Å²) in [5, 5.41) is 0. The van der Waals surface area contributed by atoms with E-state index < -0.39 is 0 Å². The van der Waals surface area contributed by atoms with E-state index in [1.54, 1.807) is 7.11 Å². The van der Waals surface area contributed by atoms with Crippen LogP contribution < -0.4 is 0 Å². The van der Waals surface area contributed by atoms with Crippen LogP contribution in [0, 0.1) is 5.92 Å². The Labute approximate surface area is 63.1 Å². The maximum Gasteiger partial charge on any atom is 0.0787 e. The van der Waals surface area contributed by atoms with Gasteiger partial charge in [-0.1, -0.05) is 19.3 Å². The summed E-state index contributed by atoms with van der Waals surface area (Å²) in [7, 11) is 1.71. The average molecular weight is 140 g/mol. The van der Waals surface area contributed by atoms with Gasteiger partial charge in [-0.15, -0.1) is 0 Å². The Kier molecular flexibility index (Phi) is 3.34. The van der Waals surface area contributed by atoms with Crippen LogP contribution >= 0.6 is 0 Å². The minimum absolute atomic E-state index is 0.800. The molecule has 0 aliphatic heterocycles. The Balaban J connectivity index is 2.19. The maximum atomic E-state index is 4.86. The Morgan fingerprint density at radius 3 is 2.50 bits per heavy atom. The summed E-state index contributed by atoms with van der Waals surface area (Å²) < 4.78 is 4.86. The van der Waals surface area contributed by atoms with Gasteiger partial charge in [0.15, 0.2) is 0 Å². The highest BCUT2D eigenvalue weighted by molar-refractivity contribution is 4.84. The van der Waals surface area contributed by atoms with E-state index >= 15 is 0 Å². The third kappa shape index (κ3) is 2.42. The normalized spacial score (nSPS) is 21.7. The lowest BCUT2D eigenvalue weighted by Crippen LogP contribution is -2.02. The second-order valence-electron chi connectivity index (χ2n) is 2.96. The Morgan fingerprint density at radius 2 is 1.90 bits per heavy atom. The topological polar surface area (TPSA) is 9.23 Å². The first kappa shape index (κ1) is 7.64. The molecule has 1 aliphatic rings. The molecule has 1 heteroatoms. The van der Waals surface area contributed by atoms with Gasteiger partial charge in [0, 0.05) is 0 Å². The third-order valence-corrected chi connectivity index (χ3v) is 2.14. The first-order valence-electron chi connectivity index (χ1n) is 4.13. The zero-order valence-corrected chi connectivity index (χ0v) is 6.68. The standard InChI is InChI=1S/C9H16O/c1-10-8-7-9-5-3-2-4-6-9/h7-9H,2-6H2,1H3. The zero-order valence-electron chi connectivity index (χ0n) is 6.68. The van der Waals surface area contributed by atoms with Crippen LogP contribution in [0.3, 0.4) is 0 Å². The molecule has 1 saturated carbocycles. The Hall–Kier alpha value is -0.460. The van der Waals surface area contributed by atoms with E-state index in [4.69, 9.17) is 4.74 Å². The van der Waals surface area contributed by atoms with Crippen LogP contribution in [0.25, 0.3) is 0 Å². The quantitative estimate of drug-likeness (QED) is 0.536. The predicted molar refractivity (Wildman–Crippen MR) is 42.7 cm³/mol. The van der Waals surface area contributed by atoms with Gasteiger partial charge in [0.2, 0.25) is 0 Å². The number of hydrogen-bond donors (Lipinski definition) is 0. The van der Waals surface area contributed by atoms with Gasteiger partial charge in [-0.3, -0.25) is 0 Å². The predicted octanol–water partition coefficient (Wildman–Crippen LogP) is 2.73. The van der Waals surface area contributed by atoms with Crippen molar-refractivity contribution in [3.63, 3.8) is 0 Å². The highest BCUT2D eigenvalue weighted by Crippen LogP contribution is 2.24. The fourth-order valence-electron chi connectivity index (χ4n) is 1.52. The van der Waals surface area contributed by atoms with E-state index in [-0.39, 0.29) is 0 Å². The fourth-order valence-corrected chi connectivity index (χ4v) is 1.52. The molecular formula is C9H16O. The maximum absolute atomic E-state index is 4.86. The number of methoxy groups -OCH3 is 1. The van der Waals surface area contributed by atoms with Crippen molar-refractivity contribution in [3.8, 4) is 0 Å². The van der Waals surface area contributed by atoms with Crippen LogP contribution in [0.5, 0.6) is 0 Å². The van der Waals surface area contributed by atoms with Crippen LogP contribution in [0.2, 0.25) is 0 Å². The van der Waals surface area contributed by atoms with E-state index in [1.165, 1.54) is 32.1 Å². The number of allylic oxidation sites excluding steroid dienone is 1. The molecule has 0 heterocycles. The lowest BCUT2D eigenvalue weighted by Gasteiger charge is -2.17. The van der Waals surface area contributed by atoms with Crippen LogP contribution in [-0.4, -0.2) is 7.11 Å². The smallest absolute Gasteiger partial charge is 0.0787 e. The lowest BCUT2D eigenvalue weighted by atomic mass is 9.89. The number of hydrogen-bond acceptors (Lipinski definition) is 1. The minimum atomic E-state index is 0.800. The van der Waals surface area contributed by atoms with Crippen molar-refractivity contribution in [1.82, 2.24) is 0 Å².